The van der Waals surface area contributed by atoms with E-state index in [1.807, 2.05) is 22.8 Å². The van der Waals surface area contributed by atoms with Gasteiger partial charge in [-0.3, -0.25) is 0 Å². The minimum atomic E-state index is 0.246. The molecule has 0 unspecified atom stereocenters. The van der Waals surface area contributed by atoms with Gasteiger partial charge < -0.3 is 10.3 Å². The summed E-state index contributed by atoms with van der Waals surface area (Å²) in [5.74, 6) is 1.58. The molecule has 0 radical (unpaired) electrons. The standard InChI is InChI=1S/C12H14BrClN4/c1-7(2)18-11(6-15)16-17-12(18)9-4-3-8(14)5-10(9)13/h3-5,7H,6,15H2,1-2H3. The van der Waals surface area contributed by atoms with Crippen molar-refractivity contribution in [3.05, 3.63) is 33.5 Å². The lowest BCUT2D eigenvalue weighted by Gasteiger charge is -2.14. The Morgan fingerprint density at radius 2 is 2.11 bits per heavy atom. The average Bonchev–Trinajstić information content (AvgIpc) is 2.72. The topological polar surface area (TPSA) is 56.7 Å². The molecule has 0 atom stereocenters. The zero-order valence-corrected chi connectivity index (χ0v) is 12.5. The summed E-state index contributed by atoms with van der Waals surface area (Å²) in [6.07, 6.45) is 0. The molecule has 6 heteroatoms. The van der Waals surface area contributed by atoms with Crippen molar-refractivity contribution in [2.24, 2.45) is 5.73 Å². The van der Waals surface area contributed by atoms with Gasteiger partial charge >= 0.3 is 0 Å². The summed E-state index contributed by atoms with van der Waals surface area (Å²) >= 11 is 9.45. The van der Waals surface area contributed by atoms with Gasteiger partial charge in [-0.25, -0.2) is 0 Å². The van der Waals surface area contributed by atoms with Crippen molar-refractivity contribution in [2.75, 3.05) is 0 Å². The highest BCUT2D eigenvalue weighted by Gasteiger charge is 2.17. The first-order valence-corrected chi connectivity index (χ1v) is 6.81. The number of nitrogens with two attached hydrogens (primary N) is 1. The molecule has 0 amide bonds. The van der Waals surface area contributed by atoms with Crippen LogP contribution in [-0.2, 0) is 6.54 Å². The van der Waals surface area contributed by atoms with E-state index in [1.165, 1.54) is 0 Å². The molecule has 0 bridgehead atoms. The van der Waals surface area contributed by atoms with E-state index >= 15 is 0 Å². The maximum absolute atomic E-state index is 5.95. The van der Waals surface area contributed by atoms with Gasteiger partial charge in [0, 0.05) is 21.1 Å². The molecule has 2 aromatic rings. The lowest BCUT2D eigenvalue weighted by molar-refractivity contribution is 0.574. The van der Waals surface area contributed by atoms with Gasteiger partial charge in [0.25, 0.3) is 0 Å². The van der Waals surface area contributed by atoms with E-state index in [2.05, 4.69) is 40.0 Å². The summed E-state index contributed by atoms with van der Waals surface area (Å²) in [4.78, 5) is 0. The molecule has 1 heterocycles. The van der Waals surface area contributed by atoms with Crippen LogP contribution >= 0.6 is 27.5 Å². The van der Waals surface area contributed by atoms with Crippen molar-refractivity contribution in [2.45, 2.75) is 26.4 Å². The lowest BCUT2D eigenvalue weighted by Crippen LogP contribution is -2.11. The number of hydrogen-bond acceptors (Lipinski definition) is 3. The molecule has 0 saturated heterocycles. The first-order valence-electron chi connectivity index (χ1n) is 5.64. The zero-order valence-electron chi connectivity index (χ0n) is 10.2. The number of aromatic nitrogens is 3. The molecule has 0 saturated carbocycles. The van der Waals surface area contributed by atoms with Crippen LogP contribution in [0, 0.1) is 0 Å². The van der Waals surface area contributed by atoms with Crippen LogP contribution in [0.2, 0.25) is 5.02 Å². The van der Waals surface area contributed by atoms with Crippen molar-refractivity contribution < 1.29 is 0 Å². The molecule has 0 fully saturated rings. The Morgan fingerprint density at radius 1 is 1.39 bits per heavy atom. The Morgan fingerprint density at radius 3 is 2.67 bits per heavy atom. The fourth-order valence-corrected chi connectivity index (χ4v) is 2.72. The van der Waals surface area contributed by atoms with Crippen molar-refractivity contribution in [1.82, 2.24) is 14.8 Å². The van der Waals surface area contributed by atoms with Crippen LogP contribution in [0.4, 0.5) is 0 Å². The Balaban J connectivity index is 2.60. The monoisotopic (exact) mass is 328 g/mol. The largest absolute Gasteiger partial charge is 0.324 e. The van der Waals surface area contributed by atoms with E-state index in [0.29, 0.717) is 11.6 Å². The van der Waals surface area contributed by atoms with Crippen LogP contribution in [0.1, 0.15) is 25.7 Å². The summed E-state index contributed by atoms with van der Waals surface area (Å²) < 4.78 is 2.93. The van der Waals surface area contributed by atoms with Crippen LogP contribution in [0.3, 0.4) is 0 Å². The fourth-order valence-electron chi connectivity index (χ4n) is 1.86. The van der Waals surface area contributed by atoms with Crippen molar-refractivity contribution >= 4 is 27.5 Å². The lowest BCUT2D eigenvalue weighted by atomic mass is 10.2. The van der Waals surface area contributed by atoms with Crippen LogP contribution in [-0.4, -0.2) is 14.8 Å². The Hall–Kier alpha value is -0.910. The molecule has 1 aromatic heterocycles. The van der Waals surface area contributed by atoms with Gasteiger partial charge in [-0.1, -0.05) is 11.6 Å². The minimum Gasteiger partial charge on any atom is -0.324 e. The normalized spacial score (nSPS) is 11.2. The second-order valence-electron chi connectivity index (χ2n) is 4.23. The molecule has 2 rings (SSSR count). The first kappa shape index (κ1) is 13.5. The third-order valence-corrected chi connectivity index (χ3v) is 3.53. The second-order valence-corrected chi connectivity index (χ2v) is 5.52. The molecule has 18 heavy (non-hydrogen) atoms. The molecule has 0 aliphatic rings. The number of rotatable bonds is 3. The van der Waals surface area contributed by atoms with E-state index in [1.54, 1.807) is 0 Å². The molecule has 2 N–H and O–H groups in total. The summed E-state index contributed by atoms with van der Waals surface area (Å²) in [6, 6.07) is 5.85. The van der Waals surface area contributed by atoms with E-state index in [-0.39, 0.29) is 6.04 Å². The highest BCUT2D eigenvalue weighted by atomic mass is 79.9. The average molecular weight is 330 g/mol. The zero-order chi connectivity index (χ0) is 13.3. The fraction of sp³-hybridized carbons (Fsp3) is 0.333. The summed E-state index contributed by atoms with van der Waals surface area (Å²) in [5, 5.41) is 9.04. The predicted molar refractivity (Wildman–Crippen MR) is 76.4 cm³/mol. The van der Waals surface area contributed by atoms with E-state index in [0.717, 1.165) is 21.7 Å². The van der Waals surface area contributed by atoms with E-state index in [9.17, 15) is 0 Å². The first-order chi connectivity index (χ1) is 8.54. The van der Waals surface area contributed by atoms with E-state index in [4.69, 9.17) is 17.3 Å². The molecule has 0 aliphatic carbocycles. The number of nitrogens with zero attached hydrogens (tertiary/aromatic N) is 3. The van der Waals surface area contributed by atoms with Crippen molar-refractivity contribution in [3.8, 4) is 11.4 Å². The van der Waals surface area contributed by atoms with Crippen LogP contribution in [0.25, 0.3) is 11.4 Å². The van der Waals surface area contributed by atoms with Gasteiger partial charge in [0.1, 0.15) is 5.82 Å². The SMILES string of the molecule is CC(C)n1c(CN)nnc1-c1ccc(Cl)cc1Br. The Kier molecular flexibility index (Phi) is 4.04. The van der Waals surface area contributed by atoms with Gasteiger partial charge in [-0.05, 0) is 48.0 Å². The molecule has 0 spiro atoms. The molecular formula is C12H14BrClN4. The van der Waals surface area contributed by atoms with Crippen molar-refractivity contribution in [1.29, 1.82) is 0 Å². The Labute approximate surface area is 119 Å². The predicted octanol–water partition coefficient (Wildman–Crippen LogP) is 3.40. The highest BCUT2D eigenvalue weighted by Crippen LogP contribution is 2.31. The van der Waals surface area contributed by atoms with Crippen molar-refractivity contribution in [3.63, 3.8) is 0 Å². The van der Waals surface area contributed by atoms with Gasteiger partial charge in [0.05, 0.1) is 6.54 Å². The second kappa shape index (κ2) is 5.38. The highest BCUT2D eigenvalue weighted by molar-refractivity contribution is 9.10. The number of benzene rings is 1. The quantitative estimate of drug-likeness (QED) is 0.939. The maximum atomic E-state index is 5.95. The van der Waals surface area contributed by atoms with Gasteiger partial charge in [0.2, 0.25) is 0 Å². The van der Waals surface area contributed by atoms with Crippen LogP contribution < -0.4 is 5.73 Å². The van der Waals surface area contributed by atoms with Crippen LogP contribution in [0.15, 0.2) is 22.7 Å². The molecule has 4 nitrogen and oxygen atoms in total. The number of hydrogen-bond donors (Lipinski definition) is 1. The van der Waals surface area contributed by atoms with E-state index < -0.39 is 0 Å². The van der Waals surface area contributed by atoms with Gasteiger partial charge in [0.15, 0.2) is 5.82 Å². The molecule has 1 aromatic carbocycles. The minimum absolute atomic E-state index is 0.246. The molecular weight excluding hydrogens is 316 g/mol. The Bertz CT molecular complexity index is 565. The smallest absolute Gasteiger partial charge is 0.165 e. The third kappa shape index (κ3) is 2.43. The summed E-state index contributed by atoms with van der Waals surface area (Å²) in [5.41, 5.74) is 6.64. The molecule has 0 aliphatic heterocycles. The van der Waals surface area contributed by atoms with Gasteiger partial charge in [-0.15, -0.1) is 10.2 Å². The maximum Gasteiger partial charge on any atom is 0.165 e. The molecule has 96 valence electrons. The summed E-state index contributed by atoms with van der Waals surface area (Å²) in [7, 11) is 0. The van der Waals surface area contributed by atoms with Crippen LogP contribution in [0.5, 0.6) is 0 Å². The van der Waals surface area contributed by atoms with Gasteiger partial charge in [-0.2, -0.15) is 0 Å². The summed E-state index contributed by atoms with van der Waals surface area (Å²) in [6.45, 7) is 4.53. The number of halogens is 2. The third-order valence-electron chi connectivity index (χ3n) is 2.64.